The van der Waals surface area contributed by atoms with Crippen molar-refractivity contribution in [1.29, 1.82) is 0 Å². The molecule has 7 heteroatoms. The second-order valence-corrected chi connectivity index (χ2v) is 7.16. The molecule has 0 aromatic heterocycles. The molecule has 0 radical (unpaired) electrons. The monoisotopic (exact) mass is 361 g/mol. The lowest BCUT2D eigenvalue weighted by atomic mass is 9.95. The number of amides is 3. The van der Waals surface area contributed by atoms with E-state index in [1.807, 2.05) is 21.9 Å². The summed E-state index contributed by atoms with van der Waals surface area (Å²) in [5.41, 5.74) is 0. The van der Waals surface area contributed by atoms with Gasteiger partial charge in [0.2, 0.25) is 0 Å². The van der Waals surface area contributed by atoms with Gasteiger partial charge in [-0.1, -0.05) is 12.1 Å². The Morgan fingerprint density at radius 2 is 1.85 bits per heavy atom. The van der Waals surface area contributed by atoms with Gasteiger partial charge in [-0.2, -0.15) is 0 Å². The van der Waals surface area contributed by atoms with Crippen molar-refractivity contribution in [2.75, 3.05) is 47.4 Å². The van der Waals surface area contributed by atoms with Gasteiger partial charge < -0.3 is 24.2 Å². The van der Waals surface area contributed by atoms with Crippen molar-refractivity contribution in [3.8, 4) is 11.5 Å². The Bertz CT molecular complexity index is 664. The number of fused-ring (bicyclic) bond motifs is 4. The number of nitrogens with zero attached hydrogens (tertiary/aromatic N) is 3. The normalized spacial score (nSPS) is 22.0. The van der Waals surface area contributed by atoms with Gasteiger partial charge >= 0.3 is 6.03 Å². The van der Waals surface area contributed by atoms with Gasteiger partial charge in [0.1, 0.15) is 0 Å². The van der Waals surface area contributed by atoms with Crippen LogP contribution in [-0.2, 0) is 4.79 Å². The molecule has 26 heavy (non-hydrogen) atoms. The summed E-state index contributed by atoms with van der Waals surface area (Å²) in [5, 5.41) is 0. The van der Waals surface area contributed by atoms with Crippen molar-refractivity contribution >= 4 is 11.9 Å². The van der Waals surface area contributed by atoms with Crippen LogP contribution < -0.4 is 9.47 Å². The summed E-state index contributed by atoms with van der Waals surface area (Å²) in [6.45, 7) is 1.97. The van der Waals surface area contributed by atoms with E-state index in [0.29, 0.717) is 37.1 Å². The van der Waals surface area contributed by atoms with Crippen LogP contribution in [0.2, 0.25) is 0 Å². The van der Waals surface area contributed by atoms with Gasteiger partial charge in [0, 0.05) is 39.8 Å². The molecule has 3 heterocycles. The summed E-state index contributed by atoms with van der Waals surface area (Å²) in [7, 11) is 5.10. The number of carbonyl (C=O) groups is 2. The molecule has 3 aliphatic heterocycles. The fourth-order valence-electron chi connectivity index (χ4n) is 3.79. The van der Waals surface area contributed by atoms with E-state index in [-0.39, 0.29) is 24.6 Å². The second-order valence-electron chi connectivity index (χ2n) is 7.16. The fraction of sp³-hybridized carbons (Fsp3) is 0.579. The van der Waals surface area contributed by atoms with Gasteiger partial charge in [-0.3, -0.25) is 4.79 Å². The highest BCUT2D eigenvalue weighted by molar-refractivity contribution is 5.79. The van der Waals surface area contributed by atoms with Crippen molar-refractivity contribution < 1.29 is 19.1 Å². The number of para-hydroxylation sites is 2. The maximum absolute atomic E-state index is 12.8. The van der Waals surface area contributed by atoms with Crippen LogP contribution in [0.3, 0.4) is 0 Å². The highest BCUT2D eigenvalue weighted by atomic mass is 16.5. The highest BCUT2D eigenvalue weighted by Gasteiger charge is 2.39. The molecule has 1 aromatic rings. The Hall–Kier alpha value is -2.44. The van der Waals surface area contributed by atoms with Crippen LogP contribution in [0, 0.1) is 5.92 Å². The number of rotatable bonds is 4. The largest absolute Gasteiger partial charge is 0.493 e. The van der Waals surface area contributed by atoms with Crippen molar-refractivity contribution in [3.63, 3.8) is 0 Å². The van der Waals surface area contributed by atoms with E-state index < -0.39 is 0 Å². The predicted molar refractivity (Wildman–Crippen MR) is 97.4 cm³/mol. The minimum atomic E-state index is -0.0373. The van der Waals surface area contributed by atoms with Crippen LogP contribution in [0.1, 0.15) is 12.8 Å². The average Bonchev–Trinajstić information content (AvgIpc) is 2.97. The third-order valence-electron chi connectivity index (χ3n) is 5.11. The van der Waals surface area contributed by atoms with E-state index in [2.05, 4.69) is 0 Å². The van der Waals surface area contributed by atoms with Crippen molar-refractivity contribution in [3.05, 3.63) is 24.3 Å². The van der Waals surface area contributed by atoms with Gasteiger partial charge in [0.05, 0.1) is 7.11 Å². The summed E-state index contributed by atoms with van der Waals surface area (Å²) in [6, 6.07) is 7.38. The molecule has 0 N–H and O–H groups in total. The van der Waals surface area contributed by atoms with Crippen LogP contribution in [-0.4, -0.2) is 80.1 Å². The molecule has 3 aliphatic rings. The van der Waals surface area contributed by atoms with E-state index in [1.165, 1.54) is 0 Å². The molecule has 2 bridgehead atoms. The number of hydrogen-bond acceptors (Lipinski definition) is 4. The van der Waals surface area contributed by atoms with Crippen molar-refractivity contribution in [2.24, 2.45) is 5.92 Å². The molecule has 0 saturated carbocycles. The van der Waals surface area contributed by atoms with E-state index >= 15 is 0 Å². The summed E-state index contributed by atoms with van der Waals surface area (Å²) < 4.78 is 11.0. The van der Waals surface area contributed by atoms with E-state index in [4.69, 9.17) is 9.47 Å². The number of ether oxygens (including phenoxy) is 2. The molecule has 3 saturated heterocycles. The topological polar surface area (TPSA) is 62.3 Å². The smallest absolute Gasteiger partial charge is 0.319 e. The number of carbonyl (C=O) groups excluding carboxylic acids is 2. The third-order valence-corrected chi connectivity index (χ3v) is 5.11. The number of hydrogen-bond donors (Lipinski definition) is 0. The lowest BCUT2D eigenvalue weighted by Gasteiger charge is -2.36. The standard InChI is InChI=1S/C19H27N3O4/c1-20(2)19(24)21-10-14-8-9-15(12-21)22(11-14)18(23)13-26-17-7-5-4-6-16(17)25-3/h4-7,14-15H,8-13H2,1-3H3/t14-,15+/m0/s1. The molecule has 1 aromatic carbocycles. The first-order valence-electron chi connectivity index (χ1n) is 9.01. The SMILES string of the molecule is COc1ccccc1OCC(=O)N1C[C@H]2CC[C@@H]1CN(C(=O)N(C)C)C2. The molecule has 142 valence electrons. The zero-order chi connectivity index (χ0) is 18.7. The van der Waals surface area contributed by atoms with Crippen LogP contribution in [0.4, 0.5) is 4.79 Å². The lowest BCUT2D eigenvalue weighted by Crippen LogP contribution is -2.49. The molecule has 2 atom stereocenters. The maximum Gasteiger partial charge on any atom is 0.319 e. The molecule has 7 nitrogen and oxygen atoms in total. The van der Waals surface area contributed by atoms with Crippen LogP contribution in [0.15, 0.2) is 24.3 Å². The quantitative estimate of drug-likeness (QED) is 0.819. The predicted octanol–water partition coefficient (Wildman–Crippen LogP) is 1.68. The molecular formula is C19H27N3O4. The van der Waals surface area contributed by atoms with Gasteiger partial charge in [-0.15, -0.1) is 0 Å². The highest BCUT2D eigenvalue weighted by Crippen LogP contribution is 2.29. The molecule has 4 rings (SSSR count). The first kappa shape index (κ1) is 18.4. The Balaban J connectivity index is 1.64. The molecule has 0 unspecified atom stereocenters. The van der Waals surface area contributed by atoms with E-state index in [1.54, 1.807) is 38.2 Å². The van der Waals surface area contributed by atoms with Gasteiger partial charge in [-0.25, -0.2) is 4.79 Å². The first-order valence-corrected chi connectivity index (χ1v) is 9.01. The Kier molecular flexibility index (Phi) is 5.54. The minimum Gasteiger partial charge on any atom is -0.493 e. The maximum atomic E-state index is 12.8. The van der Waals surface area contributed by atoms with Crippen LogP contribution in [0.25, 0.3) is 0 Å². The van der Waals surface area contributed by atoms with Crippen LogP contribution in [0.5, 0.6) is 11.5 Å². The van der Waals surface area contributed by atoms with Gasteiger partial charge in [0.25, 0.3) is 5.91 Å². The van der Waals surface area contributed by atoms with Crippen LogP contribution >= 0.6 is 0 Å². The molecule has 0 aliphatic carbocycles. The molecular weight excluding hydrogens is 334 g/mol. The number of piperidine rings is 1. The third kappa shape index (κ3) is 3.86. The lowest BCUT2D eigenvalue weighted by molar-refractivity contribution is -0.137. The Morgan fingerprint density at radius 3 is 2.54 bits per heavy atom. The summed E-state index contributed by atoms with van der Waals surface area (Å²) in [6.07, 6.45) is 1.99. The first-order chi connectivity index (χ1) is 12.5. The zero-order valence-electron chi connectivity index (χ0n) is 15.7. The average molecular weight is 361 g/mol. The van der Waals surface area contributed by atoms with E-state index in [0.717, 1.165) is 12.8 Å². The second kappa shape index (κ2) is 7.85. The van der Waals surface area contributed by atoms with Gasteiger partial charge in [0.15, 0.2) is 18.1 Å². The van der Waals surface area contributed by atoms with Gasteiger partial charge in [-0.05, 0) is 30.9 Å². The Labute approximate surface area is 154 Å². The number of benzene rings is 1. The number of urea groups is 1. The van der Waals surface area contributed by atoms with Crippen molar-refractivity contribution in [2.45, 2.75) is 18.9 Å². The summed E-state index contributed by atoms with van der Waals surface area (Å²) >= 11 is 0. The number of methoxy groups -OCH3 is 1. The Morgan fingerprint density at radius 1 is 1.12 bits per heavy atom. The van der Waals surface area contributed by atoms with Crippen molar-refractivity contribution in [1.82, 2.24) is 14.7 Å². The molecule has 3 fully saturated rings. The fourth-order valence-corrected chi connectivity index (χ4v) is 3.79. The summed E-state index contributed by atoms with van der Waals surface area (Å²) in [4.78, 5) is 30.5. The van der Waals surface area contributed by atoms with E-state index in [9.17, 15) is 9.59 Å². The zero-order valence-corrected chi connectivity index (χ0v) is 15.7. The minimum absolute atomic E-state index is 0.0153. The molecule has 3 amide bonds. The molecule has 0 spiro atoms. The summed E-state index contributed by atoms with van der Waals surface area (Å²) in [5.74, 6) is 1.46.